The fourth-order valence-corrected chi connectivity index (χ4v) is 2.48. The van der Waals surface area contributed by atoms with E-state index in [-0.39, 0.29) is 12.4 Å². The quantitative estimate of drug-likeness (QED) is 0.854. The van der Waals surface area contributed by atoms with Gasteiger partial charge in [-0.05, 0) is 43.5 Å². The molecule has 0 aliphatic rings. The van der Waals surface area contributed by atoms with E-state index in [1.165, 1.54) is 11.1 Å². The first-order valence-electron chi connectivity index (χ1n) is 7.13. The molecule has 0 fully saturated rings. The van der Waals surface area contributed by atoms with Crippen LogP contribution < -0.4 is 10.1 Å². The number of halogens is 1. The van der Waals surface area contributed by atoms with Crippen LogP contribution in [0.4, 0.5) is 0 Å². The lowest BCUT2D eigenvalue weighted by atomic mass is 10.0. The molecule has 0 heterocycles. The molecule has 2 aromatic carbocycles. The second-order valence-corrected chi connectivity index (χ2v) is 5.26. The van der Waals surface area contributed by atoms with Crippen LogP contribution in [-0.4, -0.2) is 13.2 Å². The second kappa shape index (κ2) is 8.71. The summed E-state index contributed by atoms with van der Waals surface area (Å²) in [5.74, 6) is 0.922. The second-order valence-electron chi connectivity index (χ2n) is 5.26. The molecule has 3 heteroatoms. The van der Waals surface area contributed by atoms with E-state index in [1.807, 2.05) is 12.1 Å². The van der Waals surface area contributed by atoms with Gasteiger partial charge in [0, 0.05) is 12.1 Å². The molecule has 0 saturated heterocycles. The minimum Gasteiger partial charge on any atom is -0.497 e. The Morgan fingerprint density at radius 3 is 2.38 bits per heavy atom. The maximum absolute atomic E-state index is 5.27. The van der Waals surface area contributed by atoms with Crippen molar-refractivity contribution in [1.82, 2.24) is 5.32 Å². The summed E-state index contributed by atoms with van der Waals surface area (Å²) < 4.78 is 5.27. The van der Waals surface area contributed by atoms with Crippen LogP contribution in [0.5, 0.6) is 5.75 Å². The van der Waals surface area contributed by atoms with Crippen molar-refractivity contribution >= 4 is 12.4 Å². The van der Waals surface area contributed by atoms with Crippen molar-refractivity contribution in [1.29, 1.82) is 0 Å². The van der Waals surface area contributed by atoms with Crippen LogP contribution in [0.2, 0.25) is 0 Å². The normalized spacial score (nSPS) is 13.1. The van der Waals surface area contributed by atoms with E-state index >= 15 is 0 Å². The standard InChI is InChI=1S/C18H23NO.ClH/c1-14(12-16-8-7-11-18(13-16)20-3)19-15(2)17-9-5-4-6-10-17;/h4-11,13-15,19H,12H2,1-3H3;1H/t14-,15-;/m1./s1. The van der Waals surface area contributed by atoms with Crippen molar-refractivity contribution in [2.45, 2.75) is 32.4 Å². The molecule has 21 heavy (non-hydrogen) atoms. The number of rotatable bonds is 6. The zero-order valence-corrected chi connectivity index (χ0v) is 13.7. The third-order valence-electron chi connectivity index (χ3n) is 3.51. The van der Waals surface area contributed by atoms with Gasteiger partial charge in [-0.15, -0.1) is 12.4 Å². The van der Waals surface area contributed by atoms with E-state index in [0.717, 1.165) is 12.2 Å². The van der Waals surface area contributed by atoms with Gasteiger partial charge in [0.05, 0.1) is 7.11 Å². The number of methoxy groups -OCH3 is 1. The smallest absolute Gasteiger partial charge is 0.119 e. The Kier molecular flexibility index (Phi) is 7.27. The molecule has 0 aromatic heterocycles. The van der Waals surface area contributed by atoms with Crippen LogP contribution in [-0.2, 0) is 6.42 Å². The van der Waals surface area contributed by atoms with Crippen molar-refractivity contribution < 1.29 is 4.74 Å². The van der Waals surface area contributed by atoms with Gasteiger partial charge in [0.2, 0.25) is 0 Å². The summed E-state index contributed by atoms with van der Waals surface area (Å²) in [7, 11) is 1.71. The van der Waals surface area contributed by atoms with Crippen LogP contribution >= 0.6 is 12.4 Å². The van der Waals surface area contributed by atoms with Gasteiger partial charge in [-0.25, -0.2) is 0 Å². The highest BCUT2D eigenvalue weighted by atomic mass is 35.5. The molecule has 0 unspecified atom stereocenters. The number of ether oxygens (including phenoxy) is 1. The number of nitrogens with one attached hydrogen (secondary N) is 1. The first-order chi connectivity index (χ1) is 9.69. The molecular formula is C18H24ClNO. The van der Waals surface area contributed by atoms with Gasteiger partial charge in [0.25, 0.3) is 0 Å². The van der Waals surface area contributed by atoms with E-state index < -0.39 is 0 Å². The molecule has 0 saturated carbocycles. The van der Waals surface area contributed by atoms with Gasteiger partial charge in [-0.2, -0.15) is 0 Å². The first-order valence-corrected chi connectivity index (χ1v) is 7.13. The zero-order chi connectivity index (χ0) is 14.4. The van der Waals surface area contributed by atoms with Gasteiger partial charge in [-0.1, -0.05) is 42.5 Å². The summed E-state index contributed by atoms with van der Waals surface area (Å²) in [4.78, 5) is 0. The van der Waals surface area contributed by atoms with Crippen molar-refractivity contribution in [3.05, 3.63) is 65.7 Å². The van der Waals surface area contributed by atoms with Crippen LogP contribution in [0.1, 0.15) is 31.0 Å². The Labute approximate surface area is 133 Å². The molecular weight excluding hydrogens is 282 g/mol. The van der Waals surface area contributed by atoms with Crippen molar-refractivity contribution in [3.63, 3.8) is 0 Å². The van der Waals surface area contributed by atoms with E-state index in [0.29, 0.717) is 12.1 Å². The first kappa shape index (κ1) is 17.5. The highest BCUT2D eigenvalue weighted by Gasteiger charge is 2.10. The summed E-state index contributed by atoms with van der Waals surface area (Å²) in [5, 5.41) is 3.64. The Bertz CT molecular complexity index is 530. The van der Waals surface area contributed by atoms with Gasteiger partial charge in [0.1, 0.15) is 5.75 Å². The highest BCUT2D eigenvalue weighted by molar-refractivity contribution is 5.85. The van der Waals surface area contributed by atoms with Crippen LogP contribution in [0.25, 0.3) is 0 Å². The van der Waals surface area contributed by atoms with Crippen LogP contribution in [0, 0.1) is 0 Å². The predicted molar refractivity (Wildman–Crippen MR) is 91.4 cm³/mol. The zero-order valence-electron chi connectivity index (χ0n) is 12.9. The summed E-state index contributed by atoms with van der Waals surface area (Å²) in [6.45, 7) is 4.43. The van der Waals surface area contributed by atoms with Gasteiger partial charge >= 0.3 is 0 Å². The number of benzene rings is 2. The van der Waals surface area contributed by atoms with Gasteiger partial charge < -0.3 is 10.1 Å². The predicted octanol–water partition coefficient (Wildman–Crippen LogP) is 4.40. The van der Waals surface area contributed by atoms with E-state index in [9.17, 15) is 0 Å². The summed E-state index contributed by atoms with van der Waals surface area (Å²) in [6.07, 6.45) is 0.994. The molecule has 2 rings (SSSR count). The van der Waals surface area contributed by atoms with E-state index in [4.69, 9.17) is 4.74 Å². The highest BCUT2D eigenvalue weighted by Crippen LogP contribution is 2.16. The molecule has 2 atom stereocenters. The van der Waals surface area contributed by atoms with Crippen molar-refractivity contribution in [3.8, 4) is 5.75 Å². The number of hydrogen-bond acceptors (Lipinski definition) is 2. The van der Waals surface area contributed by atoms with Crippen LogP contribution in [0.3, 0.4) is 0 Å². The summed E-state index contributed by atoms with van der Waals surface area (Å²) in [5.41, 5.74) is 2.62. The summed E-state index contributed by atoms with van der Waals surface area (Å²) in [6, 6.07) is 19.6. The maximum atomic E-state index is 5.27. The molecule has 0 amide bonds. The lowest BCUT2D eigenvalue weighted by molar-refractivity contribution is 0.413. The van der Waals surface area contributed by atoms with Gasteiger partial charge in [0.15, 0.2) is 0 Å². The molecule has 0 spiro atoms. The fourth-order valence-electron chi connectivity index (χ4n) is 2.48. The third-order valence-corrected chi connectivity index (χ3v) is 3.51. The molecule has 1 N–H and O–H groups in total. The molecule has 2 aromatic rings. The summed E-state index contributed by atoms with van der Waals surface area (Å²) >= 11 is 0. The maximum Gasteiger partial charge on any atom is 0.119 e. The molecule has 0 aliphatic heterocycles. The molecule has 0 aliphatic carbocycles. The fraction of sp³-hybridized carbons (Fsp3) is 0.333. The molecule has 0 bridgehead atoms. The molecule has 114 valence electrons. The molecule has 0 radical (unpaired) electrons. The largest absolute Gasteiger partial charge is 0.497 e. The van der Waals surface area contributed by atoms with Gasteiger partial charge in [-0.3, -0.25) is 0 Å². The minimum atomic E-state index is 0. The average molecular weight is 306 g/mol. The Morgan fingerprint density at radius 1 is 1.00 bits per heavy atom. The van der Waals surface area contributed by atoms with E-state index in [1.54, 1.807) is 7.11 Å². The van der Waals surface area contributed by atoms with Crippen molar-refractivity contribution in [2.24, 2.45) is 0 Å². The topological polar surface area (TPSA) is 21.3 Å². The third kappa shape index (κ3) is 5.41. The Morgan fingerprint density at radius 2 is 1.71 bits per heavy atom. The average Bonchev–Trinajstić information content (AvgIpc) is 2.48. The lowest BCUT2D eigenvalue weighted by Crippen LogP contribution is -2.30. The Hall–Kier alpha value is -1.51. The van der Waals surface area contributed by atoms with Crippen molar-refractivity contribution in [2.75, 3.05) is 7.11 Å². The van der Waals surface area contributed by atoms with Crippen LogP contribution in [0.15, 0.2) is 54.6 Å². The minimum absolute atomic E-state index is 0. The molecule has 2 nitrogen and oxygen atoms in total. The monoisotopic (exact) mass is 305 g/mol. The Balaban J connectivity index is 0.00000220. The number of hydrogen-bond donors (Lipinski definition) is 1. The lowest BCUT2D eigenvalue weighted by Gasteiger charge is -2.20. The van der Waals surface area contributed by atoms with E-state index in [2.05, 4.69) is 61.6 Å². The SMILES string of the molecule is COc1cccc(C[C@@H](C)N[C@H](C)c2ccccc2)c1.Cl.